The van der Waals surface area contributed by atoms with Gasteiger partial charge in [-0.3, -0.25) is 0 Å². The first kappa shape index (κ1) is 21.4. The number of anilines is 2. The van der Waals surface area contributed by atoms with E-state index in [1.54, 1.807) is 4.90 Å². The number of nitrogens with zero attached hydrogens (tertiary/aromatic N) is 5. The maximum Gasteiger partial charge on any atom is 0.416 e. The number of benzene rings is 1. The number of alkyl halides is 3. The fourth-order valence-electron chi connectivity index (χ4n) is 3.95. The molecule has 4 rings (SSSR count). The van der Waals surface area contributed by atoms with Crippen molar-refractivity contribution < 1.29 is 18.0 Å². The third-order valence-corrected chi connectivity index (χ3v) is 5.68. The molecule has 166 valence electrons. The number of aromatic nitrogens is 2. The summed E-state index contributed by atoms with van der Waals surface area (Å²) in [5.74, 6) is 1.56. The first-order chi connectivity index (χ1) is 14.7. The maximum atomic E-state index is 13.0. The van der Waals surface area contributed by atoms with E-state index in [0.29, 0.717) is 25.3 Å². The number of urea groups is 1. The lowest BCUT2D eigenvalue weighted by atomic mass is 10.1. The van der Waals surface area contributed by atoms with Crippen molar-refractivity contribution in [3.63, 3.8) is 0 Å². The number of likely N-dealkylation sites (N-methyl/N-ethyl adjacent to an activating group) is 1. The normalized spacial score (nSPS) is 17.5. The lowest BCUT2D eigenvalue weighted by Gasteiger charge is -2.37. The van der Waals surface area contributed by atoms with Gasteiger partial charge in [-0.25, -0.2) is 14.8 Å². The van der Waals surface area contributed by atoms with E-state index in [4.69, 9.17) is 0 Å². The topological polar surface area (TPSA) is 64.6 Å². The molecule has 0 atom stereocenters. The van der Waals surface area contributed by atoms with Crippen LogP contribution in [0.5, 0.6) is 0 Å². The molecule has 31 heavy (non-hydrogen) atoms. The summed E-state index contributed by atoms with van der Waals surface area (Å²) in [5.41, 5.74) is 1.17. The molecule has 0 radical (unpaired) electrons. The van der Waals surface area contributed by atoms with Gasteiger partial charge in [0, 0.05) is 50.4 Å². The highest BCUT2D eigenvalue weighted by molar-refractivity contribution is 5.89. The second-order valence-electron chi connectivity index (χ2n) is 7.99. The Morgan fingerprint density at radius 3 is 2.55 bits per heavy atom. The van der Waals surface area contributed by atoms with Crippen LogP contribution in [-0.2, 0) is 19.1 Å². The van der Waals surface area contributed by atoms with Gasteiger partial charge in [0.2, 0.25) is 0 Å². The van der Waals surface area contributed by atoms with Gasteiger partial charge in [-0.2, -0.15) is 13.2 Å². The lowest BCUT2D eigenvalue weighted by Crippen LogP contribution is -2.46. The molecule has 3 heterocycles. The summed E-state index contributed by atoms with van der Waals surface area (Å²) in [6, 6.07) is 4.22. The standard InChI is InChI=1S/C21H25F3N6O/c1-14-25-18-6-7-30(13-17(18)19(26-14)29-10-8-28(2)9-11-29)20(31)27-16-5-3-4-15(12-16)21(22,23)24/h3-5,12H,6-11,13H2,1-2H3,(H,27,31). The van der Waals surface area contributed by atoms with Crippen molar-refractivity contribution in [1.29, 1.82) is 0 Å². The zero-order chi connectivity index (χ0) is 22.2. The van der Waals surface area contributed by atoms with Gasteiger partial charge in [0.1, 0.15) is 11.6 Å². The Kier molecular flexibility index (Phi) is 5.74. The van der Waals surface area contributed by atoms with Crippen LogP contribution >= 0.6 is 0 Å². The van der Waals surface area contributed by atoms with Crippen LogP contribution in [0.15, 0.2) is 24.3 Å². The Labute approximate surface area is 178 Å². The number of rotatable bonds is 2. The second kappa shape index (κ2) is 8.33. The van der Waals surface area contributed by atoms with E-state index in [1.807, 2.05) is 6.92 Å². The smallest absolute Gasteiger partial charge is 0.354 e. The van der Waals surface area contributed by atoms with Crippen LogP contribution in [0.4, 0.5) is 29.5 Å². The number of amides is 2. The van der Waals surface area contributed by atoms with Crippen LogP contribution in [0.1, 0.15) is 22.6 Å². The van der Waals surface area contributed by atoms with E-state index in [9.17, 15) is 18.0 Å². The van der Waals surface area contributed by atoms with Gasteiger partial charge >= 0.3 is 12.2 Å². The van der Waals surface area contributed by atoms with E-state index < -0.39 is 17.8 Å². The Morgan fingerprint density at radius 2 is 1.84 bits per heavy atom. The molecule has 0 spiro atoms. The molecule has 2 aliphatic rings. The number of hydrogen-bond acceptors (Lipinski definition) is 5. The van der Waals surface area contributed by atoms with Crippen LogP contribution in [0.2, 0.25) is 0 Å². The minimum atomic E-state index is -4.46. The molecule has 0 saturated carbocycles. The monoisotopic (exact) mass is 434 g/mol. The molecule has 2 aromatic rings. The van der Waals surface area contributed by atoms with E-state index in [2.05, 4.69) is 32.1 Å². The summed E-state index contributed by atoms with van der Waals surface area (Å²) >= 11 is 0. The Bertz CT molecular complexity index is 972. The minimum absolute atomic E-state index is 0.116. The highest BCUT2D eigenvalue weighted by atomic mass is 19.4. The summed E-state index contributed by atoms with van der Waals surface area (Å²) in [6.45, 7) is 6.17. The summed E-state index contributed by atoms with van der Waals surface area (Å²) in [5, 5.41) is 2.60. The average Bonchev–Trinajstić information content (AvgIpc) is 2.73. The Balaban J connectivity index is 1.52. The van der Waals surface area contributed by atoms with Gasteiger partial charge in [-0.1, -0.05) is 6.07 Å². The zero-order valence-corrected chi connectivity index (χ0v) is 17.5. The van der Waals surface area contributed by atoms with E-state index >= 15 is 0 Å². The summed E-state index contributed by atoms with van der Waals surface area (Å²) in [7, 11) is 2.08. The number of aryl methyl sites for hydroxylation is 1. The molecule has 0 bridgehead atoms. The van der Waals surface area contributed by atoms with E-state index in [0.717, 1.165) is 55.4 Å². The Hall–Kier alpha value is -2.88. The lowest BCUT2D eigenvalue weighted by molar-refractivity contribution is -0.137. The molecule has 7 nitrogen and oxygen atoms in total. The quantitative estimate of drug-likeness (QED) is 0.787. The third-order valence-electron chi connectivity index (χ3n) is 5.68. The molecule has 0 unspecified atom stereocenters. The average molecular weight is 434 g/mol. The minimum Gasteiger partial charge on any atom is -0.354 e. The number of nitrogens with one attached hydrogen (secondary N) is 1. The molecule has 1 saturated heterocycles. The third kappa shape index (κ3) is 4.73. The predicted molar refractivity (Wildman–Crippen MR) is 111 cm³/mol. The van der Waals surface area contributed by atoms with Crippen LogP contribution < -0.4 is 10.2 Å². The van der Waals surface area contributed by atoms with Crippen molar-refractivity contribution >= 4 is 17.5 Å². The van der Waals surface area contributed by atoms with Crippen molar-refractivity contribution in [1.82, 2.24) is 19.8 Å². The van der Waals surface area contributed by atoms with E-state index in [1.165, 1.54) is 12.1 Å². The van der Waals surface area contributed by atoms with Crippen molar-refractivity contribution in [3.05, 3.63) is 46.9 Å². The Morgan fingerprint density at radius 1 is 1.10 bits per heavy atom. The number of fused-ring (bicyclic) bond motifs is 1. The van der Waals surface area contributed by atoms with Gasteiger partial charge in [-0.15, -0.1) is 0 Å². The molecule has 1 N–H and O–H groups in total. The van der Waals surface area contributed by atoms with Crippen LogP contribution in [0, 0.1) is 6.92 Å². The van der Waals surface area contributed by atoms with Crippen molar-refractivity contribution in [2.24, 2.45) is 0 Å². The SMILES string of the molecule is Cc1nc2c(c(N3CCN(C)CC3)n1)CN(C(=O)Nc1cccc(C(F)(F)F)c1)CC2. The van der Waals surface area contributed by atoms with Gasteiger partial charge in [-0.05, 0) is 32.2 Å². The summed E-state index contributed by atoms with van der Waals surface area (Å²) in [6.07, 6.45) is -3.88. The van der Waals surface area contributed by atoms with Gasteiger partial charge in [0.25, 0.3) is 0 Å². The molecular weight excluding hydrogens is 409 g/mol. The van der Waals surface area contributed by atoms with Crippen LogP contribution in [-0.4, -0.2) is 65.6 Å². The van der Waals surface area contributed by atoms with Crippen LogP contribution in [0.25, 0.3) is 0 Å². The summed E-state index contributed by atoms with van der Waals surface area (Å²) < 4.78 is 38.9. The van der Waals surface area contributed by atoms with Gasteiger partial charge in [0.05, 0.1) is 17.8 Å². The van der Waals surface area contributed by atoms with Crippen LogP contribution in [0.3, 0.4) is 0 Å². The number of piperazine rings is 1. The van der Waals surface area contributed by atoms with E-state index in [-0.39, 0.29) is 5.69 Å². The van der Waals surface area contributed by atoms with Gasteiger partial charge < -0.3 is 20.0 Å². The molecule has 2 amide bonds. The van der Waals surface area contributed by atoms with Crippen molar-refractivity contribution in [2.75, 3.05) is 50.0 Å². The van der Waals surface area contributed by atoms with Crippen molar-refractivity contribution in [3.8, 4) is 0 Å². The highest BCUT2D eigenvalue weighted by Crippen LogP contribution is 2.31. The van der Waals surface area contributed by atoms with Gasteiger partial charge in [0.15, 0.2) is 0 Å². The molecule has 1 fully saturated rings. The number of carbonyl (C=O) groups is 1. The fourth-order valence-corrected chi connectivity index (χ4v) is 3.95. The number of carbonyl (C=O) groups excluding carboxylic acids is 1. The van der Waals surface area contributed by atoms with Crippen molar-refractivity contribution in [2.45, 2.75) is 26.1 Å². The largest absolute Gasteiger partial charge is 0.416 e. The fraction of sp³-hybridized carbons (Fsp3) is 0.476. The first-order valence-electron chi connectivity index (χ1n) is 10.2. The first-order valence-corrected chi connectivity index (χ1v) is 10.2. The number of hydrogen-bond donors (Lipinski definition) is 1. The summed E-state index contributed by atoms with van der Waals surface area (Å²) in [4.78, 5) is 28.1. The molecule has 1 aromatic heterocycles. The maximum absolute atomic E-state index is 13.0. The zero-order valence-electron chi connectivity index (χ0n) is 17.5. The molecule has 0 aliphatic carbocycles. The molecular formula is C21H25F3N6O. The predicted octanol–water partition coefficient (Wildman–Crippen LogP) is 3.15. The highest BCUT2D eigenvalue weighted by Gasteiger charge is 2.31. The molecule has 1 aromatic carbocycles. The molecule has 10 heteroatoms. The number of halogens is 3. The molecule has 2 aliphatic heterocycles. The second-order valence-corrected chi connectivity index (χ2v) is 7.99.